The van der Waals surface area contributed by atoms with Crippen LogP contribution in [0.25, 0.3) is 11.1 Å². The summed E-state index contributed by atoms with van der Waals surface area (Å²) in [6, 6.07) is 11.0. The van der Waals surface area contributed by atoms with Crippen molar-refractivity contribution in [2.45, 2.75) is 32.4 Å². The lowest BCUT2D eigenvalue weighted by atomic mass is 10.0. The highest BCUT2D eigenvalue weighted by Crippen LogP contribution is 2.47. The number of nitrogens with zero attached hydrogens (tertiary/aromatic N) is 2. The summed E-state index contributed by atoms with van der Waals surface area (Å²) in [5, 5.41) is 0. The van der Waals surface area contributed by atoms with E-state index < -0.39 is 116 Å². The molecule has 0 saturated carbocycles. The van der Waals surface area contributed by atoms with Crippen molar-refractivity contribution in [1.29, 1.82) is 0 Å². The topological polar surface area (TPSA) is 6.48 Å². The zero-order chi connectivity index (χ0) is 45.3. The predicted octanol–water partition coefficient (Wildman–Crippen LogP) is 15.2. The van der Waals surface area contributed by atoms with E-state index in [1.165, 1.54) is 13.8 Å². The molecule has 0 spiro atoms. The number of alkyl halides is 9. The highest BCUT2D eigenvalue weighted by Gasteiger charge is 2.44. The van der Waals surface area contributed by atoms with Crippen LogP contribution in [0.1, 0.15) is 27.8 Å². The van der Waals surface area contributed by atoms with Gasteiger partial charge in [0.25, 0.3) is 0 Å². The van der Waals surface area contributed by atoms with Crippen LogP contribution in [0, 0.1) is 66.2 Å². The van der Waals surface area contributed by atoms with Crippen LogP contribution in [0.15, 0.2) is 84.9 Å². The Balaban J connectivity index is 1.59. The first-order chi connectivity index (χ1) is 28.2. The lowest BCUT2D eigenvalue weighted by Gasteiger charge is -2.30. The number of benzene rings is 6. The lowest BCUT2D eigenvalue weighted by molar-refractivity contribution is -0.143. The number of hydrogen-bond acceptors (Lipinski definition) is 2. The van der Waals surface area contributed by atoms with Crippen molar-refractivity contribution < 1.29 is 79.0 Å². The van der Waals surface area contributed by atoms with E-state index in [4.69, 9.17) is 0 Å². The van der Waals surface area contributed by atoms with Gasteiger partial charge in [-0.2, -0.15) is 39.5 Å². The summed E-state index contributed by atoms with van der Waals surface area (Å²) in [6.07, 6.45) is -15.9. The van der Waals surface area contributed by atoms with Crippen molar-refractivity contribution in [3.05, 3.63) is 165 Å². The van der Waals surface area contributed by atoms with E-state index in [2.05, 4.69) is 0 Å². The van der Waals surface area contributed by atoms with Crippen molar-refractivity contribution in [2.75, 3.05) is 9.80 Å². The Morgan fingerprint density at radius 1 is 0.344 bits per heavy atom. The fourth-order valence-corrected chi connectivity index (χ4v) is 6.42. The van der Waals surface area contributed by atoms with E-state index in [9.17, 15) is 61.5 Å². The van der Waals surface area contributed by atoms with E-state index in [-0.39, 0.29) is 33.1 Å². The molecule has 0 N–H and O–H groups in total. The minimum absolute atomic E-state index is 0.0204. The second kappa shape index (κ2) is 15.6. The molecular formula is C41H20F18N2. The van der Waals surface area contributed by atoms with Crippen LogP contribution in [-0.4, -0.2) is 0 Å². The predicted molar refractivity (Wildman–Crippen MR) is 185 cm³/mol. The summed E-state index contributed by atoms with van der Waals surface area (Å²) >= 11 is 0. The van der Waals surface area contributed by atoms with E-state index in [0.29, 0.717) is 36.4 Å². The zero-order valence-corrected chi connectivity index (χ0v) is 30.3. The average Bonchev–Trinajstić information content (AvgIpc) is 3.16. The van der Waals surface area contributed by atoms with Gasteiger partial charge in [0.05, 0.1) is 16.7 Å². The molecule has 0 aliphatic carbocycles. The molecule has 6 aromatic rings. The monoisotopic (exact) mass is 882 g/mol. The highest BCUT2D eigenvalue weighted by atomic mass is 19.4. The fraction of sp³-hybridized carbons (Fsp3) is 0.122. The molecule has 0 unspecified atom stereocenters. The molecule has 0 amide bonds. The lowest BCUT2D eigenvalue weighted by Crippen LogP contribution is -2.21. The van der Waals surface area contributed by atoms with Gasteiger partial charge in [0.15, 0.2) is 46.5 Å². The average molecular weight is 883 g/mol. The molecule has 61 heavy (non-hydrogen) atoms. The summed E-state index contributed by atoms with van der Waals surface area (Å²) in [5.41, 5.74) is -12.0. The molecule has 320 valence electrons. The number of anilines is 6. The molecule has 0 heterocycles. The maximum absolute atomic E-state index is 15.7. The number of halogens is 18. The van der Waals surface area contributed by atoms with E-state index in [0.717, 1.165) is 53.4 Å². The second-order valence-corrected chi connectivity index (χ2v) is 13.3. The Labute approximate surface area is 331 Å². The number of aryl methyl sites for hydroxylation is 2. The molecule has 0 atom stereocenters. The molecule has 0 fully saturated rings. The fourth-order valence-electron chi connectivity index (χ4n) is 6.42. The normalized spacial score (nSPS) is 12.3. The summed E-state index contributed by atoms with van der Waals surface area (Å²) in [4.78, 5) is 1.13. The largest absolute Gasteiger partial charge is 0.422 e. The molecule has 0 bridgehead atoms. The van der Waals surface area contributed by atoms with Crippen LogP contribution in [0.2, 0.25) is 0 Å². The molecule has 6 rings (SSSR count). The third-order valence-corrected chi connectivity index (χ3v) is 9.03. The maximum atomic E-state index is 15.7. The van der Waals surface area contributed by atoms with Crippen LogP contribution in [0.5, 0.6) is 0 Å². The van der Waals surface area contributed by atoms with Crippen molar-refractivity contribution >= 4 is 34.1 Å². The molecule has 0 saturated heterocycles. The number of hydrogen-bond donors (Lipinski definition) is 0. The van der Waals surface area contributed by atoms with Crippen LogP contribution in [0.3, 0.4) is 0 Å². The van der Waals surface area contributed by atoms with Crippen LogP contribution in [0.4, 0.5) is 113 Å². The van der Waals surface area contributed by atoms with Crippen molar-refractivity contribution in [3.8, 4) is 11.1 Å². The van der Waals surface area contributed by atoms with Gasteiger partial charge in [-0.25, -0.2) is 39.5 Å². The van der Waals surface area contributed by atoms with E-state index in [1.54, 1.807) is 0 Å². The van der Waals surface area contributed by atoms with Gasteiger partial charge in [-0.15, -0.1) is 0 Å². The summed E-state index contributed by atoms with van der Waals surface area (Å²) < 4.78 is 257. The Morgan fingerprint density at radius 2 is 0.689 bits per heavy atom. The minimum atomic E-state index is -6.00. The quantitative estimate of drug-likeness (QED) is 0.0895. The van der Waals surface area contributed by atoms with Gasteiger partial charge >= 0.3 is 18.5 Å². The first kappa shape index (κ1) is 44.2. The van der Waals surface area contributed by atoms with Crippen LogP contribution in [-0.2, 0) is 18.5 Å². The molecule has 0 aromatic heterocycles. The van der Waals surface area contributed by atoms with Gasteiger partial charge in [0.1, 0.15) is 11.3 Å². The van der Waals surface area contributed by atoms with Gasteiger partial charge in [-0.05, 0) is 103 Å². The SMILES string of the molecule is Cc1cc(N(c2ccc(N(c3ccc(-c4c(F)c(F)c(F)c(F)c4F)cc3)c3c(F)c(F)c(C(F)(F)F)c(F)c3F)cc2)c2cc(C)cc(C(F)(F)F)c2)cc(C(F)(F)F)c1. The Hall–Kier alpha value is -6.34. The van der Waals surface area contributed by atoms with Crippen LogP contribution < -0.4 is 9.80 Å². The van der Waals surface area contributed by atoms with E-state index >= 15 is 17.6 Å². The van der Waals surface area contributed by atoms with Gasteiger partial charge < -0.3 is 9.80 Å². The Bertz CT molecular complexity index is 2540. The standard InChI is InChI=1S/C41H20F18N2/c1-17-11-20(39(51,52)53)15-25(13-17)60(26-14-18(2)12-21(16-26)40(54,55)56)22-7-9-24(10-8-22)61(38-36(49)31(44)28(41(57,58)59)32(45)37(38)50)23-5-3-19(4-6-23)27-29(42)33(46)35(48)34(47)30(27)43/h3-16H,1-2H3. The highest BCUT2D eigenvalue weighted by molar-refractivity contribution is 5.83. The smallest absolute Gasteiger partial charge is 0.310 e. The third-order valence-electron chi connectivity index (χ3n) is 9.03. The van der Waals surface area contributed by atoms with Crippen molar-refractivity contribution in [2.24, 2.45) is 0 Å². The second-order valence-electron chi connectivity index (χ2n) is 13.3. The first-order valence-electron chi connectivity index (χ1n) is 16.9. The summed E-state index contributed by atoms with van der Waals surface area (Å²) in [5.74, 6) is -23.1. The molecule has 0 aliphatic rings. The van der Waals surface area contributed by atoms with Gasteiger partial charge in [-0.1, -0.05) is 12.1 Å². The van der Waals surface area contributed by atoms with Gasteiger partial charge in [0.2, 0.25) is 5.82 Å². The summed E-state index contributed by atoms with van der Waals surface area (Å²) in [7, 11) is 0. The van der Waals surface area contributed by atoms with Crippen LogP contribution >= 0.6 is 0 Å². The molecule has 0 radical (unpaired) electrons. The summed E-state index contributed by atoms with van der Waals surface area (Å²) in [6.45, 7) is 2.50. The van der Waals surface area contributed by atoms with E-state index in [1.807, 2.05) is 0 Å². The van der Waals surface area contributed by atoms with Gasteiger partial charge in [0, 0.05) is 28.4 Å². The molecule has 2 nitrogen and oxygen atoms in total. The molecule has 20 heteroatoms. The first-order valence-corrected chi connectivity index (χ1v) is 16.9. The third kappa shape index (κ3) is 8.26. The zero-order valence-electron chi connectivity index (χ0n) is 30.3. The number of rotatable bonds is 7. The molecular weight excluding hydrogens is 862 g/mol. The van der Waals surface area contributed by atoms with Crippen molar-refractivity contribution in [3.63, 3.8) is 0 Å². The van der Waals surface area contributed by atoms with Crippen molar-refractivity contribution in [1.82, 2.24) is 0 Å². The Kier molecular flexibility index (Phi) is 11.3. The minimum Gasteiger partial charge on any atom is -0.310 e. The Morgan fingerprint density at radius 3 is 1.05 bits per heavy atom. The molecule has 0 aliphatic heterocycles. The maximum Gasteiger partial charge on any atom is 0.422 e. The van der Waals surface area contributed by atoms with Gasteiger partial charge in [-0.3, -0.25) is 0 Å². The molecule has 6 aromatic carbocycles.